The number of piperidine rings is 1. The molecular formula is C21H23F3N10O. The molecule has 5 rings (SSSR count). The molecule has 11 nitrogen and oxygen atoms in total. The zero-order chi connectivity index (χ0) is 24.7. The predicted molar refractivity (Wildman–Crippen MR) is 122 cm³/mol. The second-order valence-corrected chi connectivity index (χ2v) is 8.24. The summed E-state index contributed by atoms with van der Waals surface area (Å²) < 4.78 is 45.4. The minimum atomic E-state index is -1.30. The van der Waals surface area contributed by atoms with E-state index in [0.717, 1.165) is 0 Å². The van der Waals surface area contributed by atoms with Crippen LogP contribution in [0.5, 0.6) is 0 Å². The third-order valence-corrected chi connectivity index (χ3v) is 6.03. The molecule has 35 heavy (non-hydrogen) atoms. The summed E-state index contributed by atoms with van der Waals surface area (Å²) in [4.78, 5) is 21.9. The highest BCUT2D eigenvalue weighted by atomic mass is 19.1. The number of nitrogens with zero attached hydrogens (tertiary/aromatic N) is 8. The average Bonchev–Trinajstić information content (AvgIpc) is 3.39. The first kappa shape index (κ1) is 22.8. The van der Waals surface area contributed by atoms with Gasteiger partial charge in [-0.15, -0.1) is 10.2 Å². The van der Waals surface area contributed by atoms with Gasteiger partial charge in [0.25, 0.3) is 0 Å². The summed E-state index contributed by atoms with van der Waals surface area (Å²) in [5.74, 6) is -0.356. The van der Waals surface area contributed by atoms with Crippen LogP contribution in [0.4, 0.5) is 24.9 Å². The van der Waals surface area contributed by atoms with Crippen LogP contribution in [0.2, 0.25) is 0 Å². The van der Waals surface area contributed by atoms with E-state index in [1.165, 1.54) is 27.2 Å². The third-order valence-electron chi connectivity index (χ3n) is 6.03. The van der Waals surface area contributed by atoms with E-state index in [2.05, 4.69) is 36.0 Å². The van der Waals surface area contributed by atoms with Crippen LogP contribution in [0.15, 0.2) is 18.3 Å². The Morgan fingerprint density at radius 1 is 1.29 bits per heavy atom. The van der Waals surface area contributed by atoms with Crippen LogP contribution in [0.1, 0.15) is 13.3 Å². The number of aromatic nitrogens is 7. The minimum Gasteiger partial charge on any atom is -0.371 e. The summed E-state index contributed by atoms with van der Waals surface area (Å²) in [6.07, 6.45) is 0.264. The van der Waals surface area contributed by atoms with Gasteiger partial charge < -0.3 is 15.5 Å². The smallest absolute Gasteiger partial charge is 0.243 e. The molecule has 2 N–H and O–H groups in total. The Kier molecular flexibility index (Phi) is 5.86. The highest BCUT2D eigenvalue weighted by molar-refractivity contribution is 5.89. The SMILES string of the molecule is CNc1nc(N[C@H]2CCN(C(C)=O)C[C@H]2F)nn2cc(F)c(-c3ccc4nnn(CCF)c4n3)c12. The maximum absolute atomic E-state index is 15.2. The Bertz CT molecular complexity index is 1400. The lowest BCUT2D eigenvalue weighted by molar-refractivity contribution is -0.131. The van der Waals surface area contributed by atoms with Gasteiger partial charge in [0.1, 0.15) is 23.9 Å². The van der Waals surface area contributed by atoms with Crippen molar-refractivity contribution in [1.82, 2.24) is 39.5 Å². The van der Waals surface area contributed by atoms with Crippen molar-refractivity contribution in [3.8, 4) is 11.3 Å². The number of halogens is 3. The quantitative estimate of drug-likeness (QED) is 0.424. The molecule has 5 heterocycles. The van der Waals surface area contributed by atoms with Crippen molar-refractivity contribution < 1.29 is 18.0 Å². The average molecular weight is 488 g/mol. The minimum absolute atomic E-state index is 0.0155. The van der Waals surface area contributed by atoms with Crippen molar-refractivity contribution in [3.63, 3.8) is 0 Å². The van der Waals surface area contributed by atoms with Crippen molar-refractivity contribution in [3.05, 3.63) is 24.1 Å². The maximum Gasteiger partial charge on any atom is 0.243 e. The fourth-order valence-corrected chi connectivity index (χ4v) is 4.27. The van der Waals surface area contributed by atoms with Gasteiger partial charge in [-0.25, -0.2) is 27.4 Å². The summed E-state index contributed by atoms with van der Waals surface area (Å²) in [6, 6.07) is 2.63. The number of rotatable bonds is 6. The van der Waals surface area contributed by atoms with Gasteiger partial charge in [-0.1, -0.05) is 5.21 Å². The number of hydrogen-bond acceptors (Lipinski definition) is 8. The fourth-order valence-electron chi connectivity index (χ4n) is 4.27. The van der Waals surface area contributed by atoms with Gasteiger partial charge in [0.05, 0.1) is 36.6 Å². The standard InChI is InChI=1S/C21H23F3N10O/c1-11(35)32-7-5-14(12(23)9-32)27-21-28-19(25-2)18-17(13(24)10-34(18)30-21)15-3-4-16-20(26-15)33(8-6-22)31-29-16/h3-4,10,12,14H,5-9H2,1-2H3,(H2,25,27,28,30)/t12-,14+/m1/s1. The van der Waals surface area contributed by atoms with E-state index in [1.807, 2.05) is 0 Å². The number of pyridine rings is 1. The summed E-state index contributed by atoms with van der Waals surface area (Å²) in [7, 11) is 1.63. The lowest BCUT2D eigenvalue weighted by Gasteiger charge is -2.34. The molecule has 1 saturated heterocycles. The molecule has 14 heteroatoms. The lowest BCUT2D eigenvalue weighted by atomic mass is 10.0. The molecule has 1 aliphatic rings. The van der Waals surface area contributed by atoms with Crippen LogP contribution in [-0.2, 0) is 11.3 Å². The molecule has 0 bridgehead atoms. The van der Waals surface area contributed by atoms with Crippen LogP contribution in [0, 0.1) is 5.82 Å². The first-order chi connectivity index (χ1) is 16.9. The van der Waals surface area contributed by atoms with Crippen molar-refractivity contribution in [1.29, 1.82) is 0 Å². The van der Waals surface area contributed by atoms with Crippen LogP contribution in [-0.4, -0.2) is 84.4 Å². The lowest BCUT2D eigenvalue weighted by Crippen LogP contribution is -2.49. The van der Waals surface area contributed by atoms with Gasteiger partial charge in [-0.3, -0.25) is 4.79 Å². The topological polar surface area (TPSA) is 118 Å². The van der Waals surface area contributed by atoms with Crippen LogP contribution in [0.25, 0.3) is 27.9 Å². The van der Waals surface area contributed by atoms with Crippen molar-refractivity contribution in [2.24, 2.45) is 0 Å². The molecule has 0 unspecified atom stereocenters. The summed E-state index contributed by atoms with van der Waals surface area (Å²) >= 11 is 0. The second-order valence-electron chi connectivity index (χ2n) is 8.24. The number of carbonyl (C=O) groups excluding carboxylic acids is 1. The molecule has 4 aromatic heterocycles. The number of anilines is 2. The molecular weight excluding hydrogens is 465 g/mol. The molecule has 0 saturated carbocycles. The molecule has 2 atom stereocenters. The molecule has 1 amide bonds. The third kappa shape index (κ3) is 4.08. The number of fused-ring (bicyclic) bond motifs is 2. The zero-order valence-corrected chi connectivity index (χ0v) is 19.0. The monoisotopic (exact) mass is 488 g/mol. The van der Waals surface area contributed by atoms with E-state index < -0.39 is 24.7 Å². The number of carbonyl (C=O) groups is 1. The number of likely N-dealkylation sites (tertiary alicyclic amines) is 1. The van der Waals surface area contributed by atoms with Crippen molar-refractivity contribution in [2.45, 2.75) is 32.1 Å². The first-order valence-corrected chi connectivity index (χ1v) is 11.1. The number of nitrogens with one attached hydrogen (secondary N) is 2. The molecule has 0 radical (unpaired) electrons. The Hall–Kier alpha value is -3.97. The molecule has 1 fully saturated rings. The maximum atomic E-state index is 15.2. The van der Waals surface area contributed by atoms with Crippen LogP contribution < -0.4 is 10.6 Å². The van der Waals surface area contributed by atoms with E-state index in [9.17, 15) is 13.6 Å². The van der Waals surface area contributed by atoms with Gasteiger partial charge in [0.2, 0.25) is 11.9 Å². The van der Waals surface area contributed by atoms with E-state index in [-0.39, 0.29) is 36.2 Å². The van der Waals surface area contributed by atoms with Crippen LogP contribution >= 0.6 is 0 Å². The second kappa shape index (κ2) is 9.00. The van der Waals surface area contributed by atoms with Crippen LogP contribution in [0.3, 0.4) is 0 Å². The normalized spacial score (nSPS) is 18.4. The Balaban J connectivity index is 1.51. The zero-order valence-electron chi connectivity index (χ0n) is 19.0. The highest BCUT2D eigenvalue weighted by Crippen LogP contribution is 2.33. The van der Waals surface area contributed by atoms with Crippen molar-refractivity contribution >= 4 is 34.4 Å². The molecule has 0 aliphatic carbocycles. The summed E-state index contributed by atoms with van der Waals surface area (Å²) in [6.45, 7) is 1.14. The Morgan fingerprint density at radius 2 is 2.11 bits per heavy atom. The Labute approximate surface area is 197 Å². The van der Waals surface area contributed by atoms with Gasteiger partial charge >= 0.3 is 0 Å². The van der Waals surface area contributed by atoms with Gasteiger partial charge in [-0.05, 0) is 18.6 Å². The van der Waals surface area contributed by atoms with Gasteiger partial charge in [0, 0.05) is 20.5 Å². The largest absolute Gasteiger partial charge is 0.371 e. The summed E-state index contributed by atoms with van der Waals surface area (Å²) in [5, 5.41) is 18.1. The van der Waals surface area contributed by atoms with E-state index in [1.54, 1.807) is 19.2 Å². The fraction of sp³-hybridized carbons (Fsp3) is 0.429. The number of aryl methyl sites for hydroxylation is 1. The number of amides is 1. The molecule has 1 aliphatic heterocycles. The molecule has 0 aromatic carbocycles. The summed E-state index contributed by atoms with van der Waals surface area (Å²) in [5.41, 5.74) is 1.54. The van der Waals surface area contributed by atoms with Gasteiger partial charge in [0.15, 0.2) is 17.3 Å². The van der Waals surface area contributed by atoms with E-state index >= 15 is 4.39 Å². The van der Waals surface area contributed by atoms with E-state index in [4.69, 9.17) is 0 Å². The molecule has 0 spiro atoms. The number of alkyl halides is 2. The highest BCUT2D eigenvalue weighted by Gasteiger charge is 2.31. The van der Waals surface area contributed by atoms with E-state index in [0.29, 0.717) is 35.5 Å². The first-order valence-electron chi connectivity index (χ1n) is 11.1. The predicted octanol–water partition coefficient (Wildman–Crippen LogP) is 2.06. The number of hydrogen-bond donors (Lipinski definition) is 2. The molecule has 4 aromatic rings. The Morgan fingerprint density at radius 3 is 2.83 bits per heavy atom. The van der Waals surface area contributed by atoms with Crippen molar-refractivity contribution in [2.75, 3.05) is 37.4 Å². The van der Waals surface area contributed by atoms with Gasteiger partial charge in [-0.2, -0.15) is 4.98 Å². The molecule has 184 valence electrons.